The summed E-state index contributed by atoms with van der Waals surface area (Å²) in [5.41, 5.74) is 3.27. The molecule has 0 aliphatic rings. The van der Waals surface area contributed by atoms with Crippen LogP contribution < -0.4 is 4.90 Å². The molecule has 3 heteroatoms. The van der Waals surface area contributed by atoms with Gasteiger partial charge in [0.05, 0.1) is 11.4 Å². The van der Waals surface area contributed by atoms with Crippen LogP contribution in [0.2, 0.25) is 0 Å². The second kappa shape index (κ2) is 6.79. The second-order valence-electron chi connectivity index (χ2n) is 5.15. The van der Waals surface area contributed by atoms with Crippen molar-refractivity contribution in [3.63, 3.8) is 0 Å². The van der Waals surface area contributed by atoms with Crippen LogP contribution in [0.5, 0.6) is 0 Å². The summed E-state index contributed by atoms with van der Waals surface area (Å²) in [6, 6.07) is 27.6. The van der Waals surface area contributed by atoms with Crippen LogP contribution in [0.1, 0.15) is 11.1 Å². The number of para-hydroxylation sites is 2. The van der Waals surface area contributed by atoms with E-state index in [-0.39, 0.29) is 0 Å². The van der Waals surface area contributed by atoms with Gasteiger partial charge in [-0.05, 0) is 35.4 Å². The Morgan fingerprint density at radius 1 is 0.913 bits per heavy atom. The molecule has 1 N–H and O–H groups in total. The van der Waals surface area contributed by atoms with Crippen molar-refractivity contribution < 1.29 is 9.90 Å². The van der Waals surface area contributed by atoms with Gasteiger partial charge in [0.1, 0.15) is 0 Å². The summed E-state index contributed by atoms with van der Waals surface area (Å²) < 4.78 is 0. The van der Waals surface area contributed by atoms with Crippen LogP contribution >= 0.6 is 0 Å². The lowest BCUT2D eigenvalue weighted by atomic mass is 10.0. The van der Waals surface area contributed by atoms with Crippen molar-refractivity contribution in [3.8, 4) is 0 Å². The maximum Gasteiger partial charge on any atom is 0.416 e. The Kier molecular flexibility index (Phi) is 4.39. The summed E-state index contributed by atoms with van der Waals surface area (Å²) in [4.78, 5) is 13.1. The summed E-state index contributed by atoms with van der Waals surface area (Å²) in [5.74, 6) is 0. The number of carbonyl (C=O) groups is 1. The third-order valence-electron chi connectivity index (χ3n) is 3.59. The SMILES string of the molecule is O=C(O)N(c1ccccc1)c1ccccc1Cc1[c]cccc1. The van der Waals surface area contributed by atoms with Gasteiger partial charge in [-0.15, -0.1) is 0 Å². The van der Waals surface area contributed by atoms with E-state index in [1.165, 1.54) is 4.90 Å². The minimum atomic E-state index is -0.999. The van der Waals surface area contributed by atoms with Gasteiger partial charge in [-0.25, -0.2) is 9.69 Å². The topological polar surface area (TPSA) is 40.5 Å². The minimum Gasteiger partial charge on any atom is -0.464 e. The monoisotopic (exact) mass is 302 g/mol. The molecule has 0 fully saturated rings. The lowest BCUT2D eigenvalue weighted by Crippen LogP contribution is -2.24. The summed E-state index contributed by atoms with van der Waals surface area (Å²) in [6.45, 7) is 0. The van der Waals surface area contributed by atoms with Gasteiger partial charge >= 0.3 is 6.09 Å². The predicted molar refractivity (Wildman–Crippen MR) is 91.1 cm³/mol. The molecule has 0 heterocycles. The van der Waals surface area contributed by atoms with E-state index >= 15 is 0 Å². The van der Waals surface area contributed by atoms with E-state index in [1.807, 2.05) is 66.7 Å². The smallest absolute Gasteiger partial charge is 0.416 e. The number of anilines is 2. The van der Waals surface area contributed by atoms with E-state index in [9.17, 15) is 9.90 Å². The Morgan fingerprint density at radius 3 is 2.30 bits per heavy atom. The normalized spacial score (nSPS) is 10.3. The van der Waals surface area contributed by atoms with Crippen LogP contribution in [-0.4, -0.2) is 11.2 Å². The number of carboxylic acid groups (broad SMARTS) is 1. The van der Waals surface area contributed by atoms with Crippen molar-refractivity contribution in [2.45, 2.75) is 6.42 Å². The molecule has 23 heavy (non-hydrogen) atoms. The fourth-order valence-corrected chi connectivity index (χ4v) is 2.55. The highest BCUT2D eigenvalue weighted by molar-refractivity contribution is 5.95. The van der Waals surface area contributed by atoms with Gasteiger partial charge in [-0.1, -0.05) is 60.7 Å². The molecular formula is C20H16NO2. The molecule has 0 atom stereocenters. The standard InChI is InChI=1S/C20H16NO2/c22-20(23)21(18-12-5-2-6-13-18)19-14-8-7-11-17(19)15-16-9-3-1-4-10-16/h1-9,11-14H,15H2,(H,22,23). The Hall–Kier alpha value is -3.07. The van der Waals surface area contributed by atoms with Gasteiger partial charge in [0.2, 0.25) is 0 Å². The zero-order valence-electron chi connectivity index (χ0n) is 12.5. The van der Waals surface area contributed by atoms with Crippen molar-refractivity contribution in [2.75, 3.05) is 4.90 Å². The first-order valence-corrected chi connectivity index (χ1v) is 7.37. The third kappa shape index (κ3) is 3.40. The maximum atomic E-state index is 11.8. The molecule has 0 saturated carbocycles. The quantitative estimate of drug-likeness (QED) is 0.745. The molecule has 3 aromatic rings. The lowest BCUT2D eigenvalue weighted by Gasteiger charge is -2.22. The first-order chi connectivity index (χ1) is 11.3. The number of hydrogen-bond acceptors (Lipinski definition) is 1. The molecule has 1 amide bonds. The number of hydrogen-bond donors (Lipinski definition) is 1. The highest BCUT2D eigenvalue weighted by Gasteiger charge is 2.19. The largest absolute Gasteiger partial charge is 0.464 e. The molecule has 0 aliphatic heterocycles. The van der Waals surface area contributed by atoms with Crippen LogP contribution in [0.4, 0.5) is 16.2 Å². The number of rotatable bonds is 4. The van der Waals surface area contributed by atoms with Crippen molar-refractivity contribution in [3.05, 3.63) is 96.1 Å². The van der Waals surface area contributed by atoms with E-state index in [4.69, 9.17) is 0 Å². The molecule has 0 unspecified atom stereocenters. The van der Waals surface area contributed by atoms with Crippen LogP contribution in [0.3, 0.4) is 0 Å². The van der Waals surface area contributed by atoms with Crippen molar-refractivity contribution in [1.82, 2.24) is 0 Å². The second-order valence-corrected chi connectivity index (χ2v) is 5.15. The van der Waals surface area contributed by atoms with E-state index in [1.54, 1.807) is 12.1 Å². The van der Waals surface area contributed by atoms with Gasteiger partial charge in [-0.3, -0.25) is 0 Å². The zero-order valence-corrected chi connectivity index (χ0v) is 12.5. The summed E-state index contributed by atoms with van der Waals surface area (Å²) in [5, 5.41) is 9.69. The number of amides is 1. The number of nitrogens with zero attached hydrogens (tertiary/aromatic N) is 1. The van der Waals surface area contributed by atoms with Gasteiger partial charge in [0.25, 0.3) is 0 Å². The first-order valence-electron chi connectivity index (χ1n) is 7.37. The van der Waals surface area contributed by atoms with Gasteiger partial charge in [0.15, 0.2) is 0 Å². The molecule has 0 aliphatic carbocycles. The van der Waals surface area contributed by atoms with Gasteiger partial charge in [-0.2, -0.15) is 0 Å². The lowest BCUT2D eigenvalue weighted by molar-refractivity contribution is 0.204. The Morgan fingerprint density at radius 2 is 1.61 bits per heavy atom. The van der Waals surface area contributed by atoms with Crippen LogP contribution in [-0.2, 0) is 6.42 Å². The molecule has 3 nitrogen and oxygen atoms in total. The van der Waals surface area contributed by atoms with Crippen LogP contribution in [0, 0.1) is 6.07 Å². The predicted octanol–water partition coefficient (Wildman–Crippen LogP) is 4.89. The van der Waals surface area contributed by atoms with E-state index < -0.39 is 6.09 Å². The maximum absolute atomic E-state index is 11.8. The molecule has 1 radical (unpaired) electrons. The Bertz CT molecular complexity index is 785. The van der Waals surface area contributed by atoms with Crippen LogP contribution in [0.25, 0.3) is 0 Å². The van der Waals surface area contributed by atoms with E-state index in [2.05, 4.69) is 6.07 Å². The van der Waals surface area contributed by atoms with Gasteiger partial charge in [0, 0.05) is 6.42 Å². The molecule has 0 saturated heterocycles. The molecule has 3 rings (SSSR count). The zero-order chi connectivity index (χ0) is 16.1. The molecule has 3 aromatic carbocycles. The first kappa shape index (κ1) is 14.9. The van der Waals surface area contributed by atoms with E-state index in [0.29, 0.717) is 17.8 Å². The average molecular weight is 302 g/mol. The molecular weight excluding hydrogens is 286 g/mol. The van der Waals surface area contributed by atoms with Gasteiger partial charge < -0.3 is 5.11 Å². The molecule has 113 valence electrons. The fourth-order valence-electron chi connectivity index (χ4n) is 2.55. The summed E-state index contributed by atoms with van der Waals surface area (Å²) in [6.07, 6.45) is -0.367. The highest BCUT2D eigenvalue weighted by atomic mass is 16.4. The van der Waals surface area contributed by atoms with Crippen LogP contribution in [0.15, 0.2) is 78.9 Å². The fraction of sp³-hybridized carbons (Fsp3) is 0.0500. The average Bonchev–Trinajstić information content (AvgIpc) is 2.58. The third-order valence-corrected chi connectivity index (χ3v) is 3.59. The number of benzene rings is 3. The van der Waals surface area contributed by atoms with Crippen molar-refractivity contribution in [2.24, 2.45) is 0 Å². The Balaban J connectivity index is 2.03. The van der Waals surface area contributed by atoms with Crippen molar-refractivity contribution in [1.29, 1.82) is 0 Å². The molecule has 0 aromatic heterocycles. The Labute approximate surface area is 135 Å². The van der Waals surface area contributed by atoms with E-state index in [0.717, 1.165) is 11.1 Å². The summed E-state index contributed by atoms with van der Waals surface area (Å²) in [7, 11) is 0. The van der Waals surface area contributed by atoms with Crippen molar-refractivity contribution >= 4 is 17.5 Å². The molecule has 0 bridgehead atoms. The summed E-state index contributed by atoms with van der Waals surface area (Å²) >= 11 is 0. The minimum absolute atomic E-state index is 0.629. The highest BCUT2D eigenvalue weighted by Crippen LogP contribution is 2.30. The molecule has 0 spiro atoms.